The number of nitrogen functional groups attached to an aromatic ring is 1. The van der Waals surface area contributed by atoms with Crippen LogP contribution >= 0.6 is 15.9 Å². The molecule has 4 N–H and O–H groups in total. The first-order valence-corrected chi connectivity index (χ1v) is 6.26. The van der Waals surface area contributed by atoms with Crippen molar-refractivity contribution in [3.63, 3.8) is 0 Å². The van der Waals surface area contributed by atoms with E-state index in [0.717, 1.165) is 11.1 Å². The van der Waals surface area contributed by atoms with Crippen molar-refractivity contribution in [1.82, 2.24) is 4.98 Å². The van der Waals surface area contributed by atoms with Gasteiger partial charge in [-0.3, -0.25) is 4.98 Å². The van der Waals surface area contributed by atoms with Crippen LogP contribution in [-0.4, -0.2) is 4.98 Å². The fourth-order valence-corrected chi connectivity index (χ4v) is 2.40. The van der Waals surface area contributed by atoms with Gasteiger partial charge >= 0.3 is 0 Å². The Morgan fingerprint density at radius 3 is 2.78 bits per heavy atom. The summed E-state index contributed by atoms with van der Waals surface area (Å²) in [7, 11) is 0. The van der Waals surface area contributed by atoms with E-state index in [1.807, 2.05) is 0 Å². The Hall–Kier alpha value is -1.46. The van der Waals surface area contributed by atoms with Gasteiger partial charge in [-0.05, 0) is 35.7 Å². The molecule has 0 bridgehead atoms. The molecule has 1 unspecified atom stereocenters. The predicted octanol–water partition coefficient (Wildman–Crippen LogP) is 2.81. The largest absolute Gasteiger partial charge is 0.398 e. The normalized spacial score (nSPS) is 12.4. The Labute approximate surface area is 113 Å². The molecule has 2 rings (SSSR count). The van der Waals surface area contributed by atoms with Crippen molar-refractivity contribution in [3.8, 4) is 0 Å². The monoisotopic (exact) mass is 309 g/mol. The number of hydrogen-bond donors (Lipinski definition) is 2. The van der Waals surface area contributed by atoms with Crippen LogP contribution in [0.3, 0.4) is 0 Å². The van der Waals surface area contributed by atoms with Crippen LogP contribution in [0.1, 0.15) is 17.2 Å². The summed E-state index contributed by atoms with van der Waals surface area (Å²) in [4.78, 5) is 4.02. The van der Waals surface area contributed by atoms with Gasteiger partial charge in [-0.2, -0.15) is 0 Å². The molecular weight excluding hydrogens is 297 g/mol. The minimum absolute atomic E-state index is 0.258. The van der Waals surface area contributed by atoms with Crippen molar-refractivity contribution in [3.05, 3.63) is 58.1 Å². The molecule has 0 saturated heterocycles. The van der Waals surface area contributed by atoms with Gasteiger partial charge in [0.1, 0.15) is 5.82 Å². The van der Waals surface area contributed by atoms with Crippen LogP contribution in [0.25, 0.3) is 0 Å². The molecule has 0 spiro atoms. The molecule has 0 saturated carbocycles. The van der Waals surface area contributed by atoms with E-state index in [1.54, 1.807) is 24.5 Å². The molecule has 18 heavy (non-hydrogen) atoms. The van der Waals surface area contributed by atoms with Gasteiger partial charge in [-0.25, -0.2) is 4.39 Å². The minimum atomic E-state index is -0.293. The van der Waals surface area contributed by atoms with Crippen molar-refractivity contribution >= 4 is 21.6 Å². The van der Waals surface area contributed by atoms with Gasteiger partial charge in [-0.1, -0.05) is 22.0 Å². The summed E-state index contributed by atoms with van der Waals surface area (Å²) in [5.41, 5.74) is 14.4. The zero-order valence-electron chi connectivity index (χ0n) is 9.61. The highest BCUT2D eigenvalue weighted by molar-refractivity contribution is 9.10. The summed E-state index contributed by atoms with van der Waals surface area (Å²) in [6, 6.07) is 5.96. The smallest absolute Gasteiger partial charge is 0.124 e. The number of hydrogen-bond acceptors (Lipinski definition) is 3. The number of anilines is 1. The third-order valence-corrected chi connectivity index (χ3v) is 3.43. The summed E-state index contributed by atoms with van der Waals surface area (Å²) >= 11 is 3.31. The Balaban J connectivity index is 2.22. The SMILES string of the molecule is Nc1ccncc1CC(N)c1ccc(F)cc1Br. The van der Waals surface area contributed by atoms with E-state index in [-0.39, 0.29) is 11.9 Å². The number of nitrogens with two attached hydrogens (primary N) is 2. The molecule has 94 valence electrons. The lowest BCUT2D eigenvalue weighted by Gasteiger charge is -2.15. The van der Waals surface area contributed by atoms with Gasteiger partial charge in [-0.15, -0.1) is 0 Å². The molecule has 0 fully saturated rings. The minimum Gasteiger partial charge on any atom is -0.398 e. The lowest BCUT2D eigenvalue weighted by Crippen LogP contribution is -2.15. The van der Waals surface area contributed by atoms with Crippen molar-refractivity contribution in [2.45, 2.75) is 12.5 Å². The first kappa shape index (κ1) is 13.0. The van der Waals surface area contributed by atoms with Gasteiger partial charge in [0.05, 0.1) is 0 Å². The molecule has 0 radical (unpaired) electrons. The molecule has 0 aliphatic heterocycles. The standard InChI is InChI=1S/C13H13BrFN3/c14-11-6-9(15)1-2-10(11)13(17)5-8-7-18-4-3-12(8)16/h1-4,6-7,13H,5,17H2,(H2,16,18). The van der Waals surface area contributed by atoms with Gasteiger partial charge in [0.2, 0.25) is 0 Å². The Morgan fingerprint density at radius 2 is 2.11 bits per heavy atom. The maximum atomic E-state index is 13.0. The third-order valence-electron chi connectivity index (χ3n) is 2.74. The first-order valence-electron chi connectivity index (χ1n) is 5.47. The zero-order valence-corrected chi connectivity index (χ0v) is 11.2. The summed E-state index contributed by atoms with van der Waals surface area (Å²) < 4.78 is 13.7. The lowest BCUT2D eigenvalue weighted by atomic mass is 10.00. The number of benzene rings is 1. The van der Waals surface area contributed by atoms with Gasteiger partial charge in [0.25, 0.3) is 0 Å². The van der Waals surface area contributed by atoms with E-state index >= 15 is 0 Å². The molecule has 1 atom stereocenters. The van der Waals surface area contributed by atoms with E-state index in [0.29, 0.717) is 16.6 Å². The zero-order chi connectivity index (χ0) is 13.1. The van der Waals surface area contributed by atoms with E-state index in [9.17, 15) is 4.39 Å². The van der Waals surface area contributed by atoms with Gasteiger partial charge in [0, 0.05) is 28.6 Å². The highest BCUT2D eigenvalue weighted by Crippen LogP contribution is 2.26. The first-order chi connectivity index (χ1) is 8.58. The molecule has 0 amide bonds. The molecule has 0 aliphatic carbocycles. The van der Waals surface area contributed by atoms with Crippen molar-refractivity contribution in [1.29, 1.82) is 0 Å². The van der Waals surface area contributed by atoms with Gasteiger partial charge in [0.15, 0.2) is 0 Å². The number of aromatic nitrogens is 1. The topological polar surface area (TPSA) is 64.9 Å². The number of rotatable bonds is 3. The van der Waals surface area contributed by atoms with E-state index in [1.165, 1.54) is 12.1 Å². The molecule has 1 heterocycles. The van der Waals surface area contributed by atoms with Crippen LogP contribution in [0.2, 0.25) is 0 Å². The van der Waals surface area contributed by atoms with Crippen molar-refractivity contribution in [2.24, 2.45) is 5.73 Å². The number of halogens is 2. The molecule has 2 aromatic rings. The van der Waals surface area contributed by atoms with Crippen LogP contribution in [0.5, 0.6) is 0 Å². The Morgan fingerprint density at radius 1 is 1.33 bits per heavy atom. The summed E-state index contributed by atoms with van der Waals surface area (Å²) in [5, 5.41) is 0. The molecule has 0 aliphatic rings. The fraction of sp³-hybridized carbons (Fsp3) is 0.154. The highest BCUT2D eigenvalue weighted by atomic mass is 79.9. The van der Waals surface area contributed by atoms with Crippen LogP contribution in [0, 0.1) is 5.82 Å². The second-order valence-electron chi connectivity index (χ2n) is 4.05. The quantitative estimate of drug-likeness (QED) is 0.916. The molecular formula is C13H13BrFN3. The maximum absolute atomic E-state index is 13.0. The van der Waals surface area contributed by atoms with Gasteiger partial charge < -0.3 is 11.5 Å². The maximum Gasteiger partial charge on any atom is 0.124 e. The molecule has 1 aromatic heterocycles. The Bertz CT molecular complexity index is 560. The summed E-state index contributed by atoms with van der Waals surface area (Å²) in [6.07, 6.45) is 3.90. The van der Waals surface area contributed by atoms with E-state index in [2.05, 4.69) is 20.9 Å². The van der Waals surface area contributed by atoms with Crippen LogP contribution in [-0.2, 0) is 6.42 Å². The van der Waals surface area contributed by atoms with Crippen LogP contribution in [0.15, 0.2) is 41.1 Å². The predicted molar refractivity (Wildman–Crippen MR) is 73.4 cm³/mol. The lowest BCUT2D eigenvalue weighted by molar-refractivity contribution is 0.623. The van der Waals surface area contributed by atoms with Crippen LogP contribution in [0.4, 0.5) is 10.1 Å². The summed E-state index contributed by atoms with van der Waals surface area (Å²) in [6.45, 7) is 0. The summed E-state index contributed by atoms with van der Waals surface area (Å²) in [5.74, 6) is -0.293. The molecule has 3 nitrogen and oxygen atoms in total. The average molecular weight is 310 g/mol. The molecule has 5 heteroatoms. The van der Waals surface area contributed by atoms with E-state index in [4.69, 9.17) is 11.5 Å². The molecule has 1 aromatic carbocycles. The van der Waals surface area contributed by atoms with Crippen molar-refractivity contribution < 1.29 is 4.39 Å². The number of nitrogens with zero attached hydrogens (tertiary/aromatic N) is 1. The Kier molecular flexibility index (Phi) is 3.93. The third kappa shape index (κ3) is 2.86. The van der Waals surface area contributed by atoms with Crippen molar-refractivity contribution in [2.75, 3.05) is 5.73 Å². The highest BCUT2D eigenvalue weighted by Gasteiger charge is 2.12. The van der Waals surface area contributed by atoms with Crippen LogP contribution < -0.4 is 11.5 Å². The second kappa shape index (κ2) is 5.46. The van der Waals surface area contributed by atoms with E-state index < -0.39 is 0 Å². The average Bonchev–Trinajstić information content (AvgIpc) is 2.32. The second-order valence-corrected chi connectivity index (χ2v) is 4.91. The fourth-order valence-electron chi connectivity index (χ4n) is 1.76. The number of pyridine rings is 1.